The molecule has 1 aromatic rings. The third-order valence-electron chi connectivity index (χ3n) is 4.17. The number of methoxy groups -OCH3 is 1. The normalized spacial score (nSPS) is 15.8. The Morgan fingerprint density at radius 1 is 1.44 bits per heavy atom. The maximum Gasteiger partial charge on any atom is 0.282 e. The van der Waals surface area contributed by atoms with E-state index in [0.717, 1.165) is 17.7 Å². The molecule has 1 aliphatic rings. The van der Waals surface area contributed by atoms with E-state index in [1.54, 1.807) is 14.0 Å². The van der Waals surface area contributed by atoms with Crippen LogP contribution in [0.15, 0.2) is 18.2 Å². The Hall–Kier alpha value is -2.68. The first-order chi connectivity index (χ1) is 11.8. The number of nitrogens with zero attached hydrogens (tertiary/aromatic N) is 1. The second kappa shape index (κ2) is 7.93. The van der Waals surface area contributed by atoms with Crippen molar-refractivity contribution in [3.05, 3.63) is 28.3 Å². The standard InChI is InChI=1S/C16H22N4O5/c1-10(19(2)9-15(21)17-11-4-5-11)16(22)18-13-7-6-12(20(23)24)8-14(13)25-3/h6-8,10-11H,4-5,9H2,1-3H3,(H,17,21)(H,18,22)/p+1/t10-/m1/s1. The Morgan fingerprint density at radius 3 is 2.68 bits per heavy atom. The topological polar surface area (TPSA) is 115 Å². The van der Waals surface area contributed by atoms with Crippen LogP contribution in [0.2, 0.25) is 0 Å². The maximum atomic E-state index is 12.4. The quantitative estimate of drug-likeness (QED) is 0.440. The summed E-state index contributed by atoms with van der Waals surface area (Å²) in [5.74, 6) is -0.171. The first kappa shape index (κ1) is 18.7. The molecule has 0 aliphatic heterocycles. The minimum absolute atomic E-state index is 0.0763. The van der Waals surface area contributed by atoms with Crippen molar-refractivity contribution in [2.45, 2.75) is 31.8 Å². The van der Waals surface area contributed by atoms with E-state index < -0.39 is 11.0 Å². The monoisotopic (exact) mass is 351 g/mol. The predicted molar refractivity (Wildman–Crippen MR) is 90.7 cm³/mol. The average Bonchev–Trinajstić information content (AvgIpc) is 3.37. The summed E-state index contributed by atoms with van der Waals surface area (Å²) in [5.41, 5.74) is 0.225. The molecule has 3 N–H and O–H groups in total. The van der Waals surface area contributed by atoms with Gasteiger partial charge in [-0.1, -0.05) is 0 Å². The molecule has 2 rings (SSSR count). The van der Waals surface area contributed by atoms with Gasteiger partial charge >= 0.3 is 0 Å². The van der Waals surface area contributed by atoms with E-state index in [1.165, 1.54) is 25.3 Å². The van der Waals surface area contributed by atoms with E-state index in [2.05, 4.69) is 10.6 Å². The predicted octanol–water partition coefficient (Wildman–Crippen LogP) is -0.276. The largest absolute Gasteiger partial charge is 0.494 e. The number of nitro benzene ring substituents is 1. The minimum atomic E-state index is -0.535. The van der Waals surface area contributed by atoms with Gasteiger partial charge in [0.15, 0.2) is 12.6 Å². The molecule has 9 heteroatoms. The van der Waals surface area contributed by atoms with E-state index in [4.69, 9.17) is 4.74 Å². The molecule has 136 valence electrons. The highest BCUT2D eigenvalue weighted by molar-refractivity contribution is 5.95. The highest BCUT2D eigenvalue weighted by Crippen LogP contribution is 2.28. The van der Waals surface area contributed by atoms with E-state index in [1.807, 2.05) is 0 Å². The van der Waals surface area contributed by atoms with Crippen molar-refractivity contribution in [2.75, 3.05) is 26.0 Å². The fourth-order valence-corrected chi connectivity index (χ4v) is 2.27. The van der Waals surface area contributed by atoms with Crippen LogP contribution < -0.4 is 20.3 Å². The van der Waals surface area contributed by atoms with Gasteiger partial charge in [-0.15, -0.1) is 0 Å². The molecular weight excluding hydrogens is 328 g/mol. The van der Waals surface area contributed by atoms with Gasteiger partial charge in [-0.05, 0) is 25.8 Å². The molecule has 1 fully saturated rings. The minimum Gasteiger partial charge on any atom is -0.494 e. The van der Waals surface area contributed by atoms with Gasteiger partial charge in [0.1, 0.15) is 5.75 Å². The number of hydrogen-bond acceptors (Lipinski definition) is 5. The SMILES string of the molecule is COc1cc([N+](=O)[O-])ccc1NC(=O)[C@@H](C)[NH+](C)CC(=O)NC1CC1. The van der Waals surface area contributed by atoms with Gasteiger partial charge in [-0.25, -0.2) is 0 Å². The highest BCUT2D eigenvalue weighted by Gasteiger charge is 2.28. The summed E-state index contributed by atoms with van der Waals surface area (Å²) in [6.07, 6.45) is 2.03. The van der Waals surface area contributed by atoms with Crippen molar-refractivity contribution in [3.8, 4) is 5.75 Å². The first-order valence-corrected chi connectivity index (χ1v) is 8.06. The molecule has 1 saturated carbocycles. The number of non-ortho nitro benzene ring substituents is 1. The number of ether oxygens (including phenoxy) is 1. The van der Waals surface area contributed by atoms with Gasteiger partial charge in [0, 0.05) is 12.1 Å². The van der Waals surface area contributed by atoms with Crippen LogP contribution >= 0.6 is 0 Å². The van der Waals surface area contributed by atoms with Crippen molar-refractivity contribution in [2.24, 2.45) is 0 Å². The summed E-state index contributed by atoms with van der Waals surface area (Å²) >= 11 is 0. The van der Waals surface area contributed by atoms with Crippen molar-refractivity contribution in [1.82, 2.24) is 5.32 Å². The molecule has 25 heavy (non-hydrogen) atoms. The molecule has 0 bridgehead atoms. The van der Waals surface area contributed by atoms with Crippen LogP contribution in [-0.2, 0) is 9.59 Å². The fourth-order valence-electron chi connectivity index (χ4n) is 2.27. The Balaban J connectivity index is 1.97. The smallest absolute Gasteiger partial charge is 0.282 e. The lowest BCUT2D eigenvalue weighted by atomic mass is 10.2. The number of anilines is 1. The van der Waals surface area contributed by atoms with Gasteiger partial charge in [0.05, 0.1) is 30.8 Å². The van der Waals surface area contributed by atoms with Crippen LogP contribution in [0.25, 0.3) is 0 Å². The Morgan fingerprint density at radius 2 is 2.12 bits per heavy atom. The van der Waals surface area contributed by atoms with Crippen molar-refractivity contribution < 1.29 is 24.1 Å². The molecule has 2 atom stereocenters. The lowest BCUT2D eigenvalue weighted by Crippen LogP contribution is -3.15. The van der Waals surface area contributed by atoms with Gasteiger partial charge < -0.3 is 20.3 Å². The van der Waals surface area contributed by atoms with Crippen molar-refractivity contribution >= 4 is 23.2 Å². The summed E-state index contributed by atoms with van der Waals surface area (Å²) in [5, 5.41) is 16.4. The Kier molecular flexibility index (Phi) is 5.92. The second-order valence-electron chi connectivity index (χ2n) is 6.22. The molecular formula is C16H23N4O5+. The third kappa shape index (κ3) is 5.15. The van der Waals surface area contributed by atoms with Gasteiger partial charge in [0.2, 0.25) is 0 Å². The number of carbonyl (C=O) groups excluding carboxylic acids is 2. The highest BCUT2D eigenvalue weighted by atomic mass is 16.6. The van der Waals surface area contributed by atoms with Crippen LogP contribution in [0.1, 0.15) is 19.8 Å². The van der Waals surface area contributed by atoms with Gasteiger partial charge in [-0.2, -0.15) is 0 Å². The van der Waals surface area contributed by atoms with Crippen LogP contribution in [0, 0.1) is 10.1 Å². The average molecular weight is 351 g/mol. The van der Waals surface area contributed by atoms with Gasteiger partial charge in [-0.3, -0.25) is 19.7 Å². The van der Waals surface area contributed by atoms with Crippen LogP contribution in [0.3, 0.4) is 0 Å². The number of likely N-dealkylation sites (N-methyl/N-ethyl adjacent to an activating group) is 1. The summed E-state index contributed by atoms with van der Waals surface area (Å²) in [4.78, 5) is 35.3. The number of nitrogens with one attached hydrogen (secondary N) is 3. The second-order valence-corrected chi connectivity index (χ2v) is 6.22. The van der Waals surface area contributed by atoms with Crippen molar-refractivity contribution in [1.29, 1.82) is 0 Å². The number of rotatable bonds is 8. The van der Waals surface area contributed by atoms with Crippen LogP contribution in [-0.4, -0.2) is 49.5 Å². The number of hydrogen-bond donors (Lipinski definition) is 3. The number of amides is 2. The van der Waals surface area contributed by atoms with Crippen LogP contribution in [0.4, 0.5) is 11.4 Å². The zero-order valence-corrected chi connectivity index (χ0v) is 14.5. The van der Waals surface area contributed by atoms with E-state index in [9.17, 15) is 19.7 Å². The summed E-state index contributed by atoms with van der Waals surface area (Å²) in [6.45, 7) is 1.91. The molecule has 9 nitrogen and oxygen atoms in total. The Labute approximate surface area is 145 Å². The molecule has 1 aromatic carbocycles. The molecule has 1 unspecified atom stereocenters. The number of nitro groups is 1. The van der Waals surface area contributed by atoms with Crippen LogP contribution in [0.5, 0.6) is 5.75 Å². The Bertz CT molecular complexity index is 674. The van der Waals surface area contributed by atoms with E-state index in [-0.39, 0.29) is 35.8 Å². The lowest BCUT2D eigenvalue weighted by molar-refractivity contribution is -0.885. The maximum absolute atomic E-state index is 12.4. The lowest BCUT2D eigenvalue weighted by Gasteiger charge is -2.21. The first-order valence-electron chi connectivity index (χ1n) is 8.06. The number of quaternary nitrogens is 1. The summed E-state index contributed by atoms with van der Waals surface area (Å²) in [6, 6.07) is 3.78. The molecule has 0 saturated heterocycles. The van der Waals surface area contributed by atoms with E-state index in [0.29, 0.717) is 5.69 Å². The summed E-state index contributed by atoms with van der Waals surface area (Å²) < 4.78 is 5.10. The van der Waals surface area contributed by atoms with Gasteiger partial charge in [0.25, 0.3) is 17.5 Å². The number of carbonyl (C=O) groups is 2. The molecule has 2 amide bonds. The molecule has 0 radical (unpaired) electrons. The molecule has 0 spiro atoms. The zero-order valence-electron chi connectivity index (χ0n) is 14.5. The molecule has 0 heterocycles. The molecule has 1 aliphatic carbocycles. The fraction of sp³-hybridized carbons (Fsp3) is 0.500. The van der Waals surface area contributed by atoms with Crippen molar-refractivity contribution in [3.63, 3.8) is 0 Å². The van der Waals surface area contributed by atoms with E-state index >= 15 is 0 Å². The summed E-state index contributed by atoms with van der Waals surface area (Å²) in [7, 11) is 3.14. The third-order valence-corrected chi connectivity index (χ3v) is 4.17. The zero-order chi connectivity index (χ0) is 18.6. The molecule has 0 aromatic heterocycles. The number of benzene rings is 1.